The van der Waals surface area contributed by atoms with Gasteiger partial charge in [0.15, 0.2) is 0 Å². The monoisotopic (exact) mass is 386 g/mol. The Bertz CT molecular complexity index is 819. The maximum absolute atomic E-state index is 14.5. The summed E-state index contributed by atoms with van der Waals surface area (Å²) in [5.74, 6) is 0.408. The van der Waals surface area contributed by atoms with E-state index in [0.717, 1.165) is 38.8 Å². The quantitative estimate of drug-likeness (QED) is 0.658. The molecular weight excluding hydrogens is 359 g/mol. The van der Waals surface area contributed by atoms with Crippen molar-refractivity contribution in [3.8, 4) is 11.5 Å². The van der Waals surface area contributed by atoms with E-state index in [1.807, 2.05) is 4.90 Å². The summed E-state index contributed by atoms with van der Waals surface area (Å²) in [6.07, 6.45) is 4.07. The minimum Gasteiger partial charge on any atom is -0.497 e. The summed E-state index contributed by atoms with van der Waals surface area (Å²) in [5.41, 5.74) is 1.33. The average Bonchev–Trinajstić information content (AvgIpc) is 3.23. The van der Waals surface area contributed by atoms with Crippen LogP contribution >= 0.6 is 0 Å². The van der Waals surface area contributed by atoms with E-state index in [1.54, 1.807) is 37.4 Å². The van der Waals surface area contributed by atoms with Crippen LogP contribution < -0.4 is 19.7 Å². The van der Waals surface area contributed by atoms with Crippen molar-refractivity contribution in [3.63, 3.8) is 0 Å². The SMILES string of the molecule is CCCCOc1ccc(OC)cc1NC(=O)c1ccc(N2CCCC2)c(F)c1. The van der Waals surface area contributed by atoms with Gasteiger partial charge in [-0.05, 0) is 49.6 Å². The minimum absolute atomic E-state index is 0.266. The number of nitrogens with zero attached hydrogens (tertiary/aromatic N) is 1. The number of anilines is 2. The normalized spacial score (nSPS) is 13.5. The molecule has 1 aliphatic rings. The molecule has 0 unspecified atom stereocenters. The molecule has 150 valence electrons. The molecule has 0 atom stereocenters. The van der Waals surface area contributed by atoms with Gasteiger partial charge >= 0.3 is 0 Å². The van der Waals surface area contributed by atoms with Crippen molar-refractivity contribution in [2.24, 2.45) is 0 Å². The van der Waals surface area contributed by atoms with Gasteiger partial charge < -0.3 is 19.7 Å². The standard InChI is InChI=1S/C22H27FN2O3/c1-3-4-13-28-21-10-8-17(27-2)15-19(21)24-22(26)16-7-9-20(18(23)14-16)25-11-5-6-12-25/h7-10,14-15H,3-6,11-13H2,1-2H3,(H,24,26). The third-order valence-electron chi connectivity index (χ3n) is 4.85. The largest absolute Gasteiger partial charge is 0.497 e. The lowest BCUT2D eigenvalue weighted by molar-refractivity contribution is 0.102. The van der Waals surface area contributed by atoms with Crippen molar-refractivity contribution in [3.05, 3.63) is 47.8 Å². The third kappa shape index (κ3) is 4.74. The molecule has 1 N–H and O–H groups in total. The number of nitrogens with one attached hydrogen (secondary N) is 1. The number of carbonyl (C=O) groups is 1. The van der Waals surface area contributed by atoms with Crippen LogP contribution in [-0.4, -0.2) is 32.7 Å². The minimum atomic E-state index is -0.388. The van der Waals surface area contributed by atoms with Crippen LogP contribution in [0.5, 0.6) is 11.5 Å². The molecule has 2 aromatic carbocycles. The Labute approximate surface area is 165 Å². The maximum Gasteiger partial charge on any atom is 0.255 e. The molecular formula is C22H27FN2O3. The van der Waals surface area contributed by atoms with Gasteiger partial charge in [-0.15, -0.1) is 0 Å². The van der Waals surface area contributed by atoms with Gasteiger partial charge in [-0.2, -0.15) is 0 Å². The molecule has 0 aromatic heterocycles. The predicted octanol–water partition coefficient (Wildman–Crippen LogP) is 4.87. The molecule has 3 rings (SSSR count). The van der Waals surface area contributed by atoms with Crippen LogP contribution in [0.3, 0.4) is 0 Å². The van der Waals surface area contributed by atoms with Crippen LogP contribution in [0.2, 0.25) is 0 Å². The van der Waals surface area contributed by atoms with E-state index < -0.39 is 0 Å². The Balaban J connectivity index is 1.77. The topological polar surface area (TPSA) is 50.8 Å². The fraction of sp³-hybridized carbons (Fsp3) is 0.409. The molecule has 1 saturated heterocycles. The van der Waals surface area contributed by atoms with E-state index >= 15 is 0 Å². The Kier molecular flexibility index (Phi) is 6.74. The van der Waals surface area contributed by atoms with Crippen LogP contribution in [0.25, 0.3) is 0 Å². The van der Waals surface area contributed by atoms with E-state index in [1.165, 1.54) is 6.07 Å². The zero-order valence-corrected chi connectivity index (χ0v) is 16.5. The lowest BCUT2D eigenvalue weighted by Gasteiger charge is -2.19. The van der Waals surface area contributed by atoms with Gasteiger partial charge in [-0.3, -0.25) is 4.79 Å². The lowest BCUT2D eigenvalue weighted by atomic mass is 10.1. The first-order valence-electron chi connectivity index (χ1n) is 9.79. The average molecular weight is 386 g/mol. The maximum atomic E-state index is 14.5. The molecule has 2 aromatic rings. The summed E-state index contributed by atoms with van der Waals surface area (Å²) in [5, 5.41) is 2.82. The lowest BCUT2D eigenvalue weighted by Crippen LogP contribution is -2.20. The third-order valence-corrected chi connectivity index (χ3v) is 4.85. The van der Waals surface area contributed by atoms with Gasteiger partial charge in [0, 0.05) is 24.7 Å². The van der Waals surface area contributed by atoms with E-state index in [0.29, 0.717) is 29.5 Å². The van der Waals surface area contributed by atoms with Crippen molar-refractivity contribution < 1.29 is 18.7 Å². The van der Waals surface area contributed by atoms with E-state index in [-0.39, 0.29) is 17.3 Å². The van der Waals surface area contributed by atoms with Crippen LogP contribution in [0.1, 0.15) is 43.0 Å². The van der Waals surface area contributed by atoms with E-state index in [4.69, 9.17) is 9.47 Å². The molecule has 28 heavy (non-hydrogen) atoms. The van der Waals surface area contributed by atoms with Crippen molar-refractivity contribution in [1.29, 1.82) is 0 Å². The Morgan fingerprint density at radius 3 is 2.64 bits per heavy atom. The number of ether oxygens (including phenoxy) is 2. The van der Waals surface area contributed by atoms with E-state index in [9.17, 15) is 9.18 Å². The first kappa shape index (κ1) is 20.0. The molecule has 1 amide bonds. The molecule has 0 aliphatic carbocycles. The number of rotatable bonds is 8. The van der Waals surface area contributed by atoms with Crippen molar-refractivity contribution >= 4 is 17.3 Å². The second-order valence-electron chi connectivity index (χ2n) is 6.88. The van der Waals surface area contributed by atoms with Gasteiger partial charge in [0.2, 0.25) is 0 Å². The van der Waals surface area contributed by atoms with Crippen molar-refractivity contribution in [2.45, 2.75) is 32.6 Å². The molecule has 1 fully saturated rings. The first-order chi connectivity index (χ1) is 13.6. The van der Waals surface area contributed by atoms with Crippen LogP contribution in [0.15, 0.2) is 36.4 Å². The highest BCUT2D eigenvalue weighted by Crippen LogP contribution is 2.30. The Morgan fingerprint density at radius 1 is 1.18 bits per heavy atom. The summed E-state index contributed by atoms with van der Waals surface area (Å²) in [6.45, 7) is 4.35. The fourth-order valence-corrected chi connectivity index (χ4v) is 3.24. The van der Waals surface area contributed by atoms with Gasteiger partial charge in [-0.1, -0.05) is 13.3 Å². The molecule has 0 bridgehead atoms. The summed E-state index contributed by atoms with van der Waals surface area (Å²) >= 11 is 0. The first-order valence-corrected chi connectivity index (χ1v) is 9.79. The smallest absolute Gasteiger partial charge is 0.255 e. The van der Waals surface area contributed by atoms with Gasteiger partial charge in [0.1, 0.15) is 17.3 Å². The van der Waals surface area contributed by atoms with Crippen LogP contribution in [0, 0.1) is 5.82 Å². The second-order valence-corrected chi connectivity index (χ2v) is 6.88. The highest BCUT2D eigenvalue weighted by Gasteiger charge is 2.18. The number of methoxy groups -OCH3 is 1. The second kappa shape index (κ2) is 9.44. The fourth-order valence-electron chi connectivity index (χ4n) is 3.24. The summed E-state index contributed by atoms with van der Waals surface area (Å²) < 4.78 is 25.6. The highest BCUT2D eigenvalue weighted by molar-refractivity contribution is 6.05. The van der Waals surface area contributed by atoms with Gasteiger partial charge in [-0.25, -0.2) is 4.39 Å². The van der Waals surface area contributed by atoms with Crippen molar-refractivity contribution in [1.82, 2.24) is 0 Å². The molecule has 1 aliphatic heterocycles. The number of halogens is 1. The number of amides is 1. The van der Waals surface area contributed by atoms with E-state index in [2.05, 4.69) is 12.2 Å². The zero-order valence-electron chi connectivity index (χ0n) is 16.5. The number of benzene rings is 2. The highest BCUT2D eigenvalue weighted by atomic mass is 19.1. The van der Waals surface area contributed by atoms with Crippen LogP contribution in [-0.2, 0) is 0 Å². The molecule has 0 spiro atoms. The summed E-state index contributed by atoms with van der Waals surface area (Å²) in [7, 11) is 1.56. The Hall–Kier alpha value is -2.76. The molecule has 0 radical (unpaired) electrons. The summed E-state index contributed by atoms with van der Waals surface area (Å²) in [4.78, 5) is 14.7. The number of hydrogen-bond acceptors (Lipinski definition) is 4. The summed E-state index contributed by atoms with van der Waals surface area (Å²) in [6, 6.07) is 9.88. The number of unbranched alkanes of at least 4 members (excludes halogenated alkanes) is 1. The van der Waals surface area contributed by atoms with Crippen molar-refractivity contribution in [2.75, 3.05) is 37.0 Å². The molecule has 6 heteroatoms. The predicted molar refractivity (Wildman–Crippen MR) is 109 cm³/mol. The van der Waals surface area contributed by atoms with Gasteiger partial charge in [0.05, 0.1) is 25.1 Å². The Morgan fingerprint density at radius 2 is 1.96 bits per heavy atom. The van der Waals surface area contributed by atoms with Gasteiger partial charge in [0.25, 0.3) is 5.91 Å². The molecule has 5 nitrogen and oxygen atoms in total. The number of hydrogen-bond donors (Lipinski definition) is 1. The zero-order chi connectivity index (χ0) is 19.9. The van der Waals surface area contributed by atoms with Crippen LogP contribution in [0.4, 0.5) is 15.8 Å². The molecule has 1 heterocycles. The molecule has 0 saturated carbocycles. The number of carbonyl (C=O) groups excluding carboxylic acids is 1.